The van der Waals surface area contributed by atoms with Crippen LogP contribution in [-0.4, -0.2) is 55.1 Å². The molecule has 36 heavy (non-hydrogen) atoms. The van der Waals surface area contributed by atoms with Gasteiger partial charge in [-0.2, -0.15) is 5.10 Å². The van der Waals surface area contributed by atoms with Gasteiger partial charge in [0.2, 0.25) is 4.80 Å². The van der Waals surface area contributed by atoms with Crippen LogP contribution >= 0.6 is 11.3 Å². The zero-order valence-corrected chi connectivity index (χ0v) is 22.3. The van der Waals surface area contributed by atoms with Crippen LogP contribution in [0, 0.1) is 0 Å². The molecule has 2 aromatic carbocycles. The Morgan fingerprint density at radius 3 is 2.47 bits per heavy atom. The molecule has 1 aromatic heterocycles. The summed E-state index contributed by atoms with van der Waals surface area (Å²) >= 11 is 1.67. The van der Waals surface area contributed by atoms with Gasteiger partial charge in [-0.1, -0.05) is 35.6 Å². The van der Waals surface area contributed by atoms with E-state index in [1.54, 1.807) is 11.3 Å². The lowest BCUT2D eigenvalue weighted by Gasteiger charge is -2.31. The van der Waals surface area contributed by atoms with E-state index in [-0.39, 0.29) is 0 Å². The highest BCUT2D eigenvalue weighted by Crippen LogP contribution is 2.35. The molecule has 6 nitrogen and oxygen atoms in total. The largest absolute Gasteiger partial charge is 0.378 e. The van der Waals surface area contributed by atoms with Gasteiger partial charge in [0.15, 0.2) is 0 Å². The number of aryl methyl sites for hydroxylation is 1. The van der Waals surface area contributed by atoms with E-state index >= 15 is 0 Å². The Bertz CT molecular complexity index is 1350. The molecule has 0 spiro atoms. The van der Waals surface area contributed by atoms with Gasteiger partial charge in [0.25, 0.3) is 0 Å². The molecule has 0 atom stereocenters. The number of hydrogen-bond acceptors (Lipinski definition) is 6. The first-order chi connectivity index (χ1) is 17.7. The number of hydrogen-bond donors (Lipinski definition) is 0. The van der Waals surface area contributed by atoms with Crippen LogP contribution in [0.4, 0.5) is 5.69 Å². The molecule has 2 aliphatic rings. The van der Waals surface area contributed by atoms with Crippen LogP contribution in [0.3, 0.4) is 0 Å². The maximum Gasteiger partial charge on any atom is 0.211 e. The second kappa shape index (κ2) is 11.3. The molecule has 5 rings (SSSR count). The smallest absolute Gasteiger partial charge is 0.211 e. The molecule has 7 heteroatoms. The molecular formula is C29H35N5OS. The first-order valence-electron chi connectivity index (χ1n) is 12.9. The molecule has 0 saturated carbocycles. The maximum atomic E-state index is 5.64. The number of benzene rings is 2. The quantitative estimate of drug-likeness (QED) is 0.320. The molecule has 0 radical (unpaired) electrons. The minimum Gasteiger partial charge on any atom is -0.378 e. The SMILES string of the molecule is CCN(CC)c1ccc(/C=C2\CCC(/C=N\N=c3/sc4ccccc4n3C)=C2N2CCOCC2)cc1. The Balaban J connectivity index is 1.45. The highest BCUT2D eigenvalue weighted by molar-refractivity contribution is 7.16. The lowest BCUT2D eigenvalue weighted by molar-refractivity contribution is 0.0548. The summed E-state index contributed by atoms with van der Waals surface area (Å²) in [5.41, 5.74) is 7.65. The van der Waals surface area contributed by atoms with Gasteiger partial charge in [0, 0.05) is 44.6 Å². The number of para-hydroxylation sites is 1. The number of thiazole rings is 1. The van der Waals surface area contributed by atoms with Gasteiger partial charge in [-0.15, -0.1) is 5.10 Å². The fourth-order valence-corrected chi connectivity index (χ4v) is 6.04. The normalized spacial score (nSPS) is 18.4. The van der Waals surface area contributed by atoms with Gasteiger partial charge in [-0.25, -0.2) is 0 Å². The number of fused-ring (bicyclic) bond motifs is 1. The Morgan fingerprint density at radius 2 is 1.75 bits per heavy atom. The monoisotopic (exact) mass is 501 g/mol. The summed E-state index contributed by atoms with van der Waals surface area (Å²) in [7, 11) is 2.05. The van der Waals surface area contributed by atoms with E-state index in [9.17, 15) is 0 Å². The van der Waals surface area contributed by atoms with E-state index in [1.807, 2.05) is 13.3 Å². The highest BCUT2D eigenvalue weighted by atomic mass is 32.1. The van der Waals surface area contributed by atoms with Gasteiger partial charge < -0.3 is 19.1 Å². The van der Waals surface area contributed by atoms with Crippen molar-refractivity contribution in [3.63, 3.8) is 0 Å². The van der Waals surface area contributed by atoms with Crippen LogP contribution in [0.15, 0.2) is 75.6 Å². The lowest BCUT2D eigenvalue weighted by Crippen LogP contribution is -2.36. The third-order valence-electron chi connectivity index (χ3n) is 7.03. The molecule has 0 N–H and O–H groups in total. The average Bonchev–Trinajstić information content (AvgIpc) is 3.46. The summed E-state index contributed by atoms with van der Waals surface area (Å²) in [5, 5.41) is 9.14. The Morgan fingerprint density at radius 1 is 1.00 bits per heavy atom. The molecule has 0 unspecified atom stereocenters. The van der Waals surface area contributed by atoms with Gasteiger partial charge in [-0.05, 0) is 73.7 Å². The molecule has 0 bridgehead atoms. The van der Waals surface area contributed by atoms with Crippen LogP contribution in [-0.2, 0) is 11.8 Å². The van der Waals surface area contributed by atoms with Crippen molar-refractivity contribution >= 4 is 39.5 Å². The number of ether oxygens (including phenoxy) is 1. The standard InChI is InChI=1S/C29H35N5OS/c1-4-33(5-2)25-14-10-22(11-15-25)20-23-12-13-24(28(23)34-16-18-35-19-17-34)21-30-31-29-32(3)26-8-6-7-9-27(26)36-29/h6-11,14-15,20-21H,4-5,12-13,16-19H2,1-3H3/b23-20+,30-21-,31-29-. The van der Waals surface area contributed by atoms with Crippen LogP contribution in [0.1, 0.15) is 32.3 Å². The van der Waals surface area contributed by atoms with Crippen LogP contribution in [0.25, 0.3) is 16.3 Å². The fourth-order valence-electron chi connectivity index (χ4n) is 5.07. The second-order valence-corrected chi connectivity index (χ2v) is 10.2. The number of allylic oxidation sites excluding steroid dienone is 2. The number of rotatable bonds is 7. The molecule has 1 saturated heterocycles. The summed E-state index contributed by atoms with van der Waals surface area (Å²) in [6.07, 6.45) is 6.32. The number of aromatic nitrogens is 1. The van der Waals surface area contributed by atoms with Crippen molar-refractivity contribution in [2.24, 2.45) is 17.3 Å². The molecule has 2 heterocycles. The minimum atomic E-state index is 0.766. The molecule has 1 fully saturated rings. The summed E-state index contributed by atoms with van der Waals surface area (Å²) in [6.45, 7) is 9.80. The number of anilines is 1. The van der Waals surface area contributed by atoms with Gasteiger partial charge in [0.05, 0.1) is 29.6 Å². The Labute approximate surface area is 217 Å². The fraction of sp³-hybridized carbons (Fsp3) is 0.379. The van der Waals surface area contributed by atoms with Crippen LogP contribution in [0.5, 0.6) is 0 Å². The van der Waals surface area contributed by atoms with Crippen molar-refractivity contribution < 1.29 is 4.74 Å². The molecule has 3 aromatic rings. The Hall–Kier alpha value is -3.16. The van der Waals surface area contributed by atoms with Crippen molar-refractivity contribution in [3.05, 3.63) is 75.7 Å². The summed E-state index contributed by atoms with van der Waals surface area (Å²) in [5.74, 6) is 0. The summed E-state index contributed by atoms with van der Waals surface area (Å²) in [6, 6.07) is 17.3. The number of nitrogens with zero attached hydrogens (tertiary/aromatic N) is 5. The molecule has 1 aliphatic heterocycles. The zero-order valence-electron chi connectivity index (χ0n) is 21.5. The maximum absolute atomic E-state index is 5.64. The van der Waals surface area contributed by atoms with E-state index in [4.69, 9.17) is 4.74 Å². The summed E-state index contributed by atoms with van der Waals surface area (Å²) in [4.78, 5) is 5.75. The van der Waals surface area contributed by atoms with E-state index in [1.165, 1.54) is 38.3 Å². The first-order valence-corrected chi connectivity index (χ1v) is 13.7. The van der Waals surface area contributed by atoms with E-state index in [0.29, 0.717) is 0 Å². The molecular weight excluding hydrogens is 466 g/mol. The van der Waals surface area contributed by atoms with Crippen molar-refractivity contribution in [2.45, 2.75) is 26.7 Å². The summed E-state index contributed by atoms with van der Waals surface area (Å²) < 4.78 is 8.97. The van der Waals surface area contributed by atoms with Crippen molar-refractivity contribution in [2.75, 3.05) is 44.3 Å². The Kier molecular flexibility index (Phi) is 7.68. The predicted molar refractivity (Wildman–Crippen MR) is 151 cm³/mol. The predicted octanol–water partition coefficient (Wildman–Crippen LogP) is 5.44. The minimum absolute atomic E-state index is 0.766. The van der Waals surface area contributed by atoms with Gasteiger partial charge in [-0.3, -0.25) is 0 Å². The van der Waals surface area contributed by atoms with E-state index < -0.39 is 0 Å². The molecule has 188 valence electrons. The number of morpholine rings is 1. The first kappa shape index (κ1) is 24.5. The third kappa shape index (κ3) is 5.18. The van der Waals surface area contributed by atoms with E-state index in [2.05, 4.69) is 93.0 Å². The van der Waals surface area contributed by atoms with Crippen LogP contribution in [0.2, 0.25) is 0 Å². The zero-order chi connectivity index (χ0) is 24.9. The van der Waals surface area contributed by atoms with Gasteiger partial charge >= 0.3 is 0 Å². The van der Waals surface area contributed by atoms with Crippen molar-refractivity contribution in [3.8, 4) is 0 Å². The topological polar surface area (TPSA) is 45.4 Å². The van der Waals surface area contributed by atoms with Crippen molar-refractivity contribution in [1.29, 1.82) is 0 Å². The third-order valence-corrected chi connectivity index (χ3v) is 8.14. The second-order valence-electron chi connectivity index (χ2n) is 9.16. The van der Waals surface area contributed by atoms with Crippen LogP contribution < -0.4 is 9.70 Å². The molecule has 1 aliphatic carbocycles. The lowest BCUT2D eigenvalue weighted by atomic mass is 10.1. The van der Waals surface area contributed by atoms with E-state index in [0.717, 1.165) is 57.0 Å². The highest BCUT2D eigenvalue weighted by Gasteiger charge is 2.25. The van der Waals surface area contributed by atoms with Crippen molar-refractivity contribution in [1.82, 2.24) is 9.47 Å². The average molecular weight is 502 g/mol. The van der Waals surface area contributed by atoms with Gasteiger partial charge in [0.1, 0.15) is 0 Å². The molecule has 0 amide bonds.